The Bertz CT molecular complexity index is 1140. The summed E-state index contributed by atoms with van der Waals surface area (Å²) in [6, 6.07) is 11.9. The molecular weight excluding hydrogens is 408 g/mol. The molecule has 1 aliphatic rings. The van der Waals surface area contributed by atoms with Crippen molar-refractivity contribution >= 4 is 10.0 Å². The topological polar surface area (TPSA) is 42.3 Å². The molecule has 0 aliphatic carbocycles. The Hall–Kier alpha value is -2.65. The van der Waals surface area contributed by atoms with Crippen LogP contribution in [0.1, 0.15) is 22.9 Å². The highest BCUT2D eigenvalue weighted by Gasteiger charge is 2.39. The molecule has 1 aromatic heterocycles. The molecule has 1 aliphatic heterocycles. The van der Waals surface area contributed by atoms with E-state index < -0.39 is 38.5 Å². The lowest BCUT2D eigenvalue weighted by Gasteiger charge is -2.36. The number of fused-ring (bicyclic) bond motifs is 1. The Balaban J connectivity index is 1.83. The van der Waals surface area contributed by atoms with Crippen LogP contribution in [0.2, 0.25) is 0 Å². The molecule has 0 saturated carbocycles. The number of sulfonamides is 1. The molecule has 0 fully saturated rings. The SMILES string of the molecule is O=S(=O)(c1cccc(C(F)(F)F)c1)N1CCn2cccc2[C@@H]1c1ccc(F)cc1. The van der Waals surface area contributed by atoms with Crippen molar-refractivity contribution in [2.24, 2.45) is 0 Å². The number of aromatic nitrogens is 1. The van der Waals surface area contributed by atoms with Gasteiger partial charge in [-0.25, -0.2) is 12.8 Å². The van der Waals surface area contributed by atoms with Gasteiger partial charge in [-0.15, -0.1) is 0 Å². The summed E-state index contributed by atoms with van der Waals surface area (Å²) in [6.07, 6.45) is -2.85. The average Bonchev–Trinajstić information content (AvgIpc) is 3.16. The third-order valence-electron chi connectivity index (χ3n) is 4.95. The Morgan fingerprint density at radius 1 is 0.931 bits per heavy atom. The van der Waals surface area contributed by atoms with Gasteiger partial charge in [0, 0.05) is 25.0 Å². The van der Waals surface area contributed by atoms with Gasteiger partial charge in [-0.2, -0.15) is 17.5 Å². The molecule has 4 nitrogen and oxygen atoms in total. The summed E-state index contributed by atoms with van der Waals surface area (Å²) in [4.78, 5) is -0.431. The first-order valence-corrected chi connectivity index (χ1v) is 10.2. The van der Waals surface area contributed by atoms with Crippen molar-refractivity contribution in [1.29, 1.82) is 0 Å². The van der Waals surface area contributed by atoms with Crippen molar-refractivity contribution in [2.75, 3.05) is 6.54 Å². The van der Waals surface area contributed by atoms with Gasteiger partial charge in [-0.1, -0.05) is 18.2 Å². The highest BCUT2D eigenvalue weighted by atomic mass is 32.2. The first-order valence-electron chi connectivity index (χ1n) is 8.77. The molecule has 0 spiro atoms. The highest BCUT2D eigenvalue weighted by Crippen LogP contribution is 2.38. The monoisotopic (exact) mass is 424 g/mol. The molecule has 0 N–H and O–H groups in total. The summed E-state index contributed by atoms with van der Waals surface area (Å²) in [5.41, 5.74) is 0.164. The van der Waals surface area contributed by atoms with Gasteiger partial charge < -0.3 is 4.57 Å². The molecule has 0 bridgehead atoms. The van der Waals surface area contributed by atoms with Crippen LogP contribution in [0.3, 0.4) is 0 Å². The van der Waals surface area contributed by atoms with Crippen LogP contribution in [0, 0.1) is 5.82 Å². The molecular formula is C20H16F4N2O2S. The molecule has 0 radical (unpaired) electrons. The lowest BCUT2D eigenvalue weighted by Crippen LogP contribution is -2.42. The zero-order valence-corrected chi connectivity index (χ0v) is 15.8. The maximum absolute atomic E-state index is 13.4. The quantitative estimate of drug-likeness (QED) is 0.584. The minimum absolute atomic E-state index is 0.0717. The van der Waals surface area contributed by atoms with E-state index in [2.05, 4.69) is 0 Å². The number of alkyl halides is 3. The summed E-state index contributed by atoms with van der Waals surface area (Å²) in [6.45, 7) is 0.431. The molecule has 0 saturated heterocycles. The van der Waals surface area contributed by atoms with E-state index in [0.717, 1.165) is 18.2 Å². The minimum Gasteiger partial charge on any atom is -0.348 e. The smallest absolute Gasteiger partial charge is 0.348 e. The molecule has 4 rings (SSSR count). The minimum atomic E-state index is -4.65. The van der Waals surface area contributed by atoms with Gasteiger partial charge in [-0.05, 0) is 48.0 Å². The Kier molecular flexibility index (Phi) is 4.74. The Morgan fingerprint density at radius 2 is 1.66 bits per heavy atom. The predicted octanol–water partition coefficient (Wildman–Crippen LogP) is 4.44. The van der Waals surface area contributed by atoms with Gasteiger partial charge in [0.05, 0.1) is 16.5 Å². The normalized spacial score (nSPS) is 17.9. The van der Waals surface area contributed by atoms with Gasteiger partial charge in [-0.3, -0.25) is 0 Å². The molecule has 152 valence electrons. The van der Waals surface area contributed by atoms with Crippen LogP contribution in [-0.4, -0.2) is 23.8 Å². The number of hydrogen-bond donors (Lipinski definition) is 0. The molecule has 9 heteroatoms. The number of halogens is 4. The Morgan fingerprint density at radius 3 is 2.34 bits per heavy atom. The van der Waals surface area contributed by atoms with Crippen LogP contribution < -0.4 is 0 Å². The molecule has 3 aromatic rings. The second kappa shape index (κ2) is 7.00. The van der Waals surface area contributed by atoms with E-state index in [-0.39, 0.29) is 6.54 Å². The largest absolute Gasteiger partial charge is 0.416 e. The number of rotatable bonds is 3. The molecule has 0 unspecified atom stereocenters. The second-order valence-electron chi connectivity index (χ2n) is 6.72. The summed E-state index contributed by atoms with van der Waals surface area (Å²) < 4.78 is 82.4. The average molecular weight is 424 g/mol. The highest BCUT2D eigenvalue weighted by molar-refractivity contribution is 7.89. The van der Waals surface area contributed by atoms with Gasteiger partial charge in [0.2, 0.25) is 10.0 Å². The van der Waals surface area contributed by atoms with Crippen molar-refractivity contribution < 1.29 is 26.0 Å². The van der Waals surface area contributed by atoms with Crippen LogP contribution in [0.4, 0.5) is 17.6 Å². The van der Waals surface area contributed by atoms with Crippen LogP contribution in [0.15, 0.2) is 71.8 Å². The van der Waals surface area contributed by atoms with E-state index in [0.29, 0.717) is 23.9 Å². The predicted molar refractivity (Wildman–Crippen MR) is 98.0 cm³/mol. The van der Waals surface area contributed by atoms with Crippen LogP contribution in [0.25, 0.3) is 0 Å². The molecule has 1 atom stereocenters. The van der Waals surface area contributed by atoms with E-state index >= 15 is 0 Å². The van der Waals surface area contributed by atoms with Crippen molar-refractivity contribution in [3.8, 4) is 0 Å². The van der Waals surface area contributed by atoms with Crippen molar-refractivity contribution in [3.63, 3.8) is 0 Å². The van der Waals surface area contributed by atoms with Gasteiger partial charge in [0.25, 0.3) is 0 Å². The van der Waals surface area contributed by atoms with E-state index in [1.54, 1.807) is 18.3 Å². The van der Waals surface area contributed by atoms with Gasteiger partial charge >= 0.3 is 6.18 Å². The molecule has 2 heterocycles. The van der Waals surface area contributed by atoms with E-state index in [1.807, 2.05) is 4.57 Å². The maximum atomic E-state index is 13.4. The molecule has 29 heavy (non-hydrogen) atoms. The zero-order valence-electron chi connectivity index (χ0n) is 15.0. The molecule has 2 aromatic carbocycles. The Labute approximate surface area is 165 Å². The van der Waals surface area contributed by atoms with E-state index in [4.69, 9.17) is 0 Å². The first kappa shape index (κ1) is 19.7. The number of nitrogens with zero attached hydrogens (tertiary/aromatic N) is 2. The maximum Gasteiger partial charge on any atom is 0.416 e. The fraction of sp³-hybridized carbons (Fsp3) is 0.200. The number of hydrogen-bond acceptors (Lipinski definition) is 2. The zero-order chi connectivity index (χ0) is 20.8. The van der Waals surface area contributed by atoms with Crippen molar-refractivity contribution in [2.45, 2.75) is 23.7 Å². The van der Waals surface area contributed by atoms with Crippen LogP contribution >= 0.6 is 0 Å². The van der Waals surface area contributed by atoms with Crippen LogP contribution in [0.5, 0.6) is 0 Å². The van der Waals surface area contributed by atoms with Crippen LogP contribution in [-0.2, 0) is 22.7 Å². The second-order valence-corrected chi connectivity index (χ2v) is 8.61. The van der Waals surface area contributed by atoms with E-state index in [1.165, 1.54) is 28.6 Å². The fourth-order valence-electron chi connectivity index (χ4n) is 3.57. The summed E-state index contributed by atoms with van der Waals surface area (Å²) in [5, 5.41) is 0. The number of benzene rings is 2. The first-order chi connectivity index (χ1) is 13.7. The third kappa shape index (κ3) is 3.56. The van der Waals surface area contributed by atoms with Crippen molar-refractivity contribution in [3.05, 3.63) is 89.5 Å². The lowest BCUT2D eigenvalue weighted by atomic mass is 10.0. The fourth-order valence-corrected chi connectivity index (χ4v) is 5.20. The van der Waals surface area contributed by atoms with E-state index in [9.17, 15) is 26.0 Å². The van der Waals surface area contributed by atoms with Gasteiger partial charge in [0.1, 0.15) is 5.82 Å². The summed E-state index contributed by atoms with van der Waals surface area (Å²) in [7, 11) is -4.25. The van der Waals surface area contributed by atoms with Crippen molar-refractivity contribution in [1.82, 2.24) is 8.87 Å². The summed E-state index contributed by atoms with van der Waals surface area (Å²) in [5.74, 6) is -0.466. The third-order valence-corrected chi connectivity index (χ3v) is 6.81. The standard InChI is InChI=1S/C20H16F4N2O2S/c21-16-8-6-14(7-9-16)19-18-5-2-10-25(18)11-12-26(19)29(27,28)17-4-1-3-15(13-17)20(22,23)24/h1-10,13,19H,11-12H2/t19-/m0/s1. The molecule has 0 amide bonds. The lowest BCUT2D eigenvalue weighted by molar-refractivity contribution is -0.137. The summed E-state index contributed by atoms with van der Waals surface area (Å²) >= 11 is 0. The van der Waals surface area contributed by atoms with Gasteiger partial charge in [0.15, 0.2) is 0 Å².